The zero-order chi connectivity index (χ0) is 14.8. The normalized spacial score (nSPS) is 16.9. The molecule has 0 radical (unpaired) electrons. The van der Waals surface area contributed by atoms with Crippen LogP contribution >= 0.6 is 11.9 Å². The van der Waals surface area contributed by atoms with E-state index in [0.29, 0.717) is 6.54 Å². The van der Waals surface area contributed by atoms with Gasteiger partial charge in [-0.15, -0.1) is 0 Å². The van der Waals surface area contributed by atoms with E-state index in [4.69, 9.17) is 16.1 Å². The topological polar surface area (TPSA) is 93.5 Å². The van der Waals surface area contributed by atoms with Gasteiger partial charge in [-0.25, -0.2) is 0 Å². The van der Waals surface area contributed by atoms with E-state index in [9.17, 15) is 5.02 Å². The Hall–Kier alpha value is -1.67. The Labute approximate surface area is 128 Å². The van der Waals surface area contributed by atoms with Crippen molar-refractivity contribution in [2.24, 2.45) is 5.73 Å². The number of hydrogen-bond acceptors (Lipinski definition) is 6. The molecule has 0 fully saturated rings. The van der Waals surface area contributed by atoms with Crippen LogP contribution in [0.2, 0.25) is 0 Å². The minimum atomic E-state index is -0.906. The average molecular weight is 301 g/mol. The van der Waals surface area contributed by atoms with Gasteiger partial charge in [-0.3, -0.25) is 0 Å². The van der Waals surface area contributed by atoms with Gasteiger partial charge in [0.15, 0.2) is 0 Å². The van der Waals surface area contributed by atoms with E-state index >= 15 is 0 Å². The Morgan fingerprint density at radius 2 is 2.00 bits per heavy atom. The number of rotatable bonds is 4. The fourth-order valence-electron chi connectivity index (χ4n) is 2.28. The third kappa shape index (κ3) is 3.01. The van der Waals surface area contributed by atoms with Crippen LogP contribution < -0.4 is 21.7 Å². The highest BCUT2D eigenvalue weighted by molar-refractivity contribution is 8.00. The molecule has 2 aromatic rings. The van der Waals surface area contributed by atoms with Gasteiger partial charge in [-0.05, 0) is 59.4 Å². The van der Waals surface area contributed by atoms with Gasteiger partial charge in [0, 0.05) is 22.8 Å². The summed E-state index contributed by atoms with van der Waals surface area (Å²) in [6.45, 7) is 0.358. The van der Waals surface area contributed by atoms with Crippen LogP contribution in [0.4, 0.5) is 11.4 Å². The van der Waals surface area contributed by atoms with Crippen molar-refractivity contribution >= 4 is 35.9 Å². The molecule has 1 aliphatic rings. The highest BCUT2D eigenvalue weighted by Gasteiger charge is 2.34. The first-order valence-electron chi connectivity index (χ1n) is 6.63. The van der Waals surface area contributed by atoms with Crippen LogP contribution in [-0.4, -0.2) is 18.7 Å². The first-order chi connectivity index (χ1) is 10.2. The van der Waals surface area contributed by atoms with Gasteiger partial charge >= 0.3 is 7.12 Å². The van der Waals surface area contributed by atoms with Crippen molar-refractivity contribution in [3.8, 4) is 0 Å². The lowest BCUT2D eigenvalue weighted by Crippen LogP contribution is -2.28. The monoisotopic (exact) mass is 301 g/mol. The molecule has 6 N–H and O–H groups in total. The lowest BCUT2D eigenvalue weighted by Gasteiger charge is -2.10. The molecule has 0 saturated carbocycles. The third-order valence-corrected chi connectivity index (χ3v) is 4.22. The Morgan fingerprint density at radius 1 is 1.24 bits per heavy atom. The zero-order valence-corrected chi connectivity index (χ0v) is 12.1. The lowest BCUT2D eigenvalue weighted by molar-refractivity contribution is 0.198. The minimum absolute atomic E-state index is 0.228. The van der Waals surface area contributed by atoms with Crippen LogP contribution in [0.15, 0.2) is 47.4 Å². The maximum Gasteiger partial charge on any atom is 0.492 e. The number of anilines is 2. The van der Waals surface area contributed by atoms with E-state index < -0.39 is 7.12 Å². The first kappa shape index (κ1) is 14.3. The van der Waals surface area contributed by atoms with Gasteiger partial charge in [0.1, 0.15) is 0 Å². The van der Waals surface area contributed by atoms with Crippen molar-refractivity contribution in [3.63, 3.8) is 0 Å². The van der Waals surface area contributed by atoms with Crippen molar-refractivity contribution in [2.75, 3.05) is 17.0 Å². The van der Waals surface area contributed by atoms with Gasteiger partial charge in [0.25, 0.3) is 0 Å². The predicted molar refractivity (Wildman–Crippen MR) is 87.3 cm³/mol. The number of nitrogens with one attached hydrogen (secondary N) is 1. The fourth-order valence-corrected chi connectivity index (χ4v) is 2.92. The van der Waals surface area contributed by atoms with Gasteiger partial charge in [-0.2, -0.15) is 0 Å². The second-order valence-electron chi connectivity index (χ2n) is 4.83. The van der Waals surface area contributed by atoms with E-state index in [1.54, 1.807) is 0 Å². The summed E-state index contributed by atoms with van der Waals surface area (Å²) in [5, 5.41) is 9.90. The molecule has 1 unspecified atom stereocenters. The molecule has 0 aliphatic carbocycles. The van der Waals surface area contributed by atoms with Crippen LogP contribution in [0.1, 0.15) is 11.7 Å². The second-order valence-corrected chi connectivity index (χ2v) is 5.71. The van der Waals surface area contributed by atoms with Crippen LogP contribution in [0, 0.1) is 0 Å². The molecule has 0 amide bonds. The van der Waals surface area contributed by atoms with Gasteiger partial charge in [-0.1, -0.05) is 6.07 Å². The smallest absolute Gasteiger partial charge is 0.423 e. The van der Waals surface area contributed by atoms with Crippen LogP contribution in [0.3, 0.4) is 0 Å². The van der Waals surface area contributed by atoms with Crippen LogP contribution in [-0.2, 0) is 4.65 Å². The second kappa shape index (κ2) is 5.99. The van der Waals surface area contributed by atoms with Gasteiger partial charge in [0.05, 0.1) is 6.10 Å². The standard InChI is InChI=1S/C14H16BN3O2S/c16-8-14-12-6-3-10(7-13(12)15(19)20-14)18-21-11-4-1-9(17)2-5-11/h1-7,14,18-19H,8,16-17H2. The number of nitrogens with two attached hydrogens (primary N) is 2. The van der Waals surface area contributed by atoms with E-state index in [-0.39, 0.29) is 6.10 Å². The molecule has 1 heterocycles. The Bertz CT molecular complexity index is 639. The summed E-state index contributed by atoms with van der Waals surface area (Å²) in [6, 6.07) is 13.4. The van der Waals surface area contributed by atoms with Crippen molar-refractivity contribution in [2.45, 2.75) is 11.0 Å². The molecule has 3 rings (SSSR count). The summed E-state index contributed by atoms with van der Waals surface area (Å²) in [4.78, 5) is 1.06. The quantitative estimate of drug-likeness (QED) is 0.384. The lowest BCUT2D eigenvalue weighted by atomic mass is 9.79. The Kier molecular flexibility index (Phi) is 4.07. The van der Waals surface area contributed by atoms with E-state index in [1.807, 2.05) is 42.5 Å². The SMILES string of the molecule is NCC1OB(O)c2cc(NSc3ccc(N)cc3)ccc21. The Balaban J connectivity index is 1.73. The summed E-state index contributed by atoms with van der Waals surface area (Å²) in [5.74, 6) is 0. The molecule has 1 atom stereocenters. The molecule has 2 aromatic carbocycles. The number of hydrogen-bond donors (Lipinski definition) is 4. The molecule has 0 aromatic heterocycles. The highest BCUT2D eigenvalue weighted by atomic mass is 32.2. The number of benzene rings is 2. The first-order valence-corrected chi connectivity index (χ1v) is 7.45. The van der Waals surface area contributed by atoms with Crippen molar-refractivity contribution in [1.29, 1.82) is 0 Å². The molecular weight excluding hydrogens is 285 g/mol. The molecule has 5 nitrogen and oxygen atoms in total. The summed E-state index contributed by atoms with van der Waals surface area (Å²) in [5.41, 5.74) is 14.6. The van der Waals surface area contributed by atoms with Gasteiger partial charge in [0.2, 0.25) is 0 Å². The van der Waals surface area contributed by atoms with Crippen LogP contribution in [0.25, 0.3) is 0 Å². The molecule has 7 heteroatoms. The fraction of sp³-hybridized carbons (Fsp3) is 0.143. The molecule has 108 valence electrons. The number of nitrogen functional groups attached to an aromatic ring is 1. The Morgan fingerprint density at radius 3 is 2.71 bits per heavy atom. The molecule has 0 saturated heterocycles. The van der Waals surface area contributed by atoms with Gasteiger partial charge < -0.3 is 25.9 Å². The summed E-state index contributed by atoms with van der Waals surface area (Å²) in [7, 11) is -0.906. The number of fused-ring (bicyclic) bond motifs is 1. The summed E-state index contributed by atoms with van der Waals surface area (Å²) < 4.78 is 8.64. The molecule has 1 aliphatic heterocycles. The molecular formula is C14H16BN3O2S. The summed E-state index contributed by atoms with van der Waals surface area (Å²) >= 11 is 1.48. The molecule has 21 heavy (non-hydrogen) atoms. The largest absolute Gasteiger partial charge is 0.492 e. The van der Waals surface area contributed by atoms with Crippen molar-refractivity contribution in [3.05, 3.63) is 48.0 Å². The zero-order valence-electron chi connectivity index (χ0n) is 11.3. The molecule has 0 bridgehead atoms. The van der Waals surface area contributed by atoms with E-state index in [0.717, 1.165) is 27.3 Å². The predicted octanol–water partition coefficient (Wildman–Crippen LogP) is 1.11. The molecule has 0 spiro atoms. The maximum absolute atomic E-state index is 9.90. The van der Waals surface area contributed by atoms with E-state index in [2.05, 4.69) is 4.72 Å². The minimum Gasteiger partial charge on any atom is -0.423 e. The van der Waals surface area contributed by atoms with Crippen molar-refractivity contribution < 1.29 is 9.68 Å². The van der Waals surface area contributed by atoms with Crippen LogP contribution in [0.5, 0.6) is 0 Å². The highest BCUT2D eigenvalue weighted by Crippen LogP contribution is 2.26. The van der Waals surface area contributed by atoms with E-state index in [1.165, 1.54) is 11.9 Å². The third-order valence-electron chi connectivity index (χ3n) is 3.37. The van der Waals surface area contributed by atoms with Crippen molar-refractivity contribution in [1.82, 2.24) is 0 Å². The average Bonchev–Trinajstić information content (AvgIpc) is 2.83. The summed E-state index contributed by atoms with van der Waals surface area (Å²) in [6.07, 6.45) is -0.228. The maximum atomic E-state index is 9.90.